The third-order valence-corrected chi connectivity index (χ3v) is 3.43. The van der Waals surface area contributed by atoms with Crippen molar-refractivity contribution in [1.29, 1.82) is 5.26 Å². The van der Waals surface area contributed by atoms with Crippen LogP contribution in [0.15, 0.2) is 18.2 Å². The van der Waals surface area contributed by atoms with Crippen molar-refractivity contribution >= 4 is 5.91 Å². The highest BCUT2D eigenvalue weighted by molar-refractivity contribution is 5.94. The third kappa shape index (κ3) is 3.35. The van der Waals surface area contributed by atoms with Crippen molar-refractivity contribution in [2.24, 2.45) is 0 Å². The smallest absolute Gasteiger partial charge is 0.253 e. The first kappa shape index (κ1) is 14.5. The number of fused-ring (bicyclic) bond motifs is 1. The molecule has 0 aromatic heterocycles. The summed E-state index contributed by atoms with van der Waals surface area (Å²) in [7, 11) is 1.61. The largest absolute Gasteiger partial charge is 0.383 e. The average Bonchev–Trinajstić information content (AvgIpc) is 2.94. The average molecular weight is 273 g/mol. The molecule has 1 N–H and O–H groups in total. The molecule has 0 spiro atoms. The van der Waals surface area contributed by atoms with Crippen molar-refractivity contribution in [2.75, 3.05) is 26.8 Å². The molecule has 0 radical (unpaired) electrons. The molecule has 1 aliphatic rings. The zero-order chi connectivity index (χ0) is 14.4. The quantitative estimate of drug-likeness (QED) is 0.848. The highest BCUT2D eigenvalue weighted by Crippen LogP contribution is 2.18. The van der Waals surface area contributed by atoms with Crippen LogP contribution in [0.25, 0.3) is 0 Å². The van der Waals surface area contributed by atoms with Gasteiger partial charge in [-0.2, -0.15) is 5.26 Å². The van der Waals surface area contributed by atoms with Crippen LogP contribution in [0, 0.1) is 11.3 Å². The second-order valence-electron chi connectivity index (χ2n) is 4.78. The van der Waals surface area contributed by atoms with E-state index < -0.39 is 0 Å². The number of nitriles is 1. The SMILES string of the molecule is COCCN(CCC#N)C(=O)c1ccc2c(c1)CNC2. The van der Waals surface area contributed by atoms with Crippen LogP contribution in [-0.4, -0.2) is 37.6 Å². The number of nitrogens with zero attached hydrogens (tertiary/aromatic N) is 2. The number of nitrogens with one attached hydrogen (secondary N) is 1. The minimum Gasteiger partial charge on any atom is -0.383 e. The molecule has 0 saturated carbocycles. The first-order valence-electron chi connectivity index (χ1n) is 6.74. The van der Waals surface area contributed by atoms with Crippen LogP contribution < -0.4 is 5.32 Å². The Labute approximate surface area is 119 Å². The van der Waals surface area contributed by atoms with Gasteiger partial charge in [-0.05, 0) is 23.3 Å². The molecule has 5 heteroatoms. The molecule has 2 rings (SSSR count). The molecule has 1 aromatic rings. The Morgan fingerprint density at radius 3 is 2.95 bits per heavy atom. The van der Waals surface area contributed by atoms with Crippen molar-refractivity contribution < 1.29 is 9.53 Å². The molecule has 0 fully saturated rings. The topological polar surface area (TPSA) is 65.4 Å². The lowest BCUT2D eigenvalue weighted by Crippen LogP contribution is -2.34. The van der Waals surface area contributed by atoms with E-state index in [4.69, 9.17) is 10.00 Å². The van der Waals surface area contributed by atoms with Gasteiger partial charge in [0, 0.05) is 38.9 Å². The Morgan fingerprint density at radius 2 is 2.20 bits per heavy atom. The number of ether oxygens (including phenoxy) is 1. The predicted molar refractivity (Wildman–Crippen MR) is 75.0 cm³/mol. The molecular formula is C15H19N3O2. The fraction of sp³-hybridized carbons (Fsp3) is 0.467. The van der Waals surface area contributed by atoms with Gasteiger partial charge in [-0.1, -0.05) is 6.07 Å². The fourth-order valence-electron chi connectivity index (χ4n) is 2.31. The van der Waals surface area contributed by atoms with E-state index in [0.29, 0.717) is 31.7 Å². The molecule has 1 aliphatic heterocycles. The van der Waals surface area contributed by atoms with Gasteiger partial charge in [0.15, 0.2) is 0 Å². The summed E-state index contributed by atoms with van der Waals surface area (Å²) in [5.74, 6) is -0.0352. The standard InChI is InChI=1S/C15H19N3O2/c1-20-8-7-18(6-2-5-16)15(19)12-3-4-13-10-17-11-14(13)9-12/h3-4,9,17H,2,6-8,10-11H2,1H3. The van der Waals surface area contributed by atoms with Crippen LogP contribution in [0.1, 0.15) is 27.9 Å². The molecule has 106 valence electrons. The molecule has 0 bridgehead atoms. The van der Waals surface area contributed by atoms with E-state index in [0.717, 1.165) is 13.1 Å². The van der Waals surface area contributed by atoms with Crippen LogP contribution in [-0.2, 0) is 17.8 Å². The minimum atomic E-state index is -0.0352. The zero-order valence-corrected chi connectivity index (χ0v) is 11.7. The van der Waals surface area contributed by atoms with Crippen LogP contribution in [0.4, 0.5) is 0 Å². The Morgan fingerprint density at radius 1 is 1.40 bits per heavy atom. The van der Waals surface area contributed by atoms with E-state index in [1.807, 2.05) is 18.2 Å². The van der Waals surface area contributed by atoms with Gasteiger partial charge in [-0.3, -0.25) is 4.79 Å². The number of rotatable bonds is 6. The van der Waals surface area contributed by atoms with Crippen LogP contribution >= 0.6 is 0 Å². The summed E-state index contributed by atoms with van der Waals surface area (Å²) in [6, 6.07) is 7.89. The van der Waals surface area contributed by atoms with Crippen LogP contribution in [0.3, 0.4) is 0 Å². The highest BCUT2D eigenvalue weighted by Gasteiger charge is 2.18. The maximum atomic E-state index is 12.5. The summed E-state index contributed by atoms with van der Waals surface area (Å²) < 4.78 is 5.03. The normalized spacial score (nSPS) is 12.8. The van der Waals surface area contributed by atoms with Gasteiger partial charge in [-0.15, -0.1) is 0 Å². The minimum absolute atomic E-state index is 0.0352. The monoisotopic (exact) mass is 273 g/mol. The number of carbonyl (C=O) groups excluding carboxylic acids is 1. The summed E-state index contributed by atoms with van der Waals surface area (Å²) in [6.45, 7) is 3.10. The second kappa shape index (κ2) is 7.04. The van der Waals surface area contributed by atoms with Gasteiger partial charge in [-0.25, -0.2) is 0 Å². The number of hydrogen-bond acceptors (Lipinski definition) is 4. The molecule has 0 aliphatic carbocycles. The number of methoxy groups -OCH3 is 1. The summed E-state index contributed by atoms with van der Waals surface area (Å²) in [6.07, 6.45) is 0.335. The lowest BCUT2D eigenvalue weighted by molar-refractivity contribution is 0.0700. The van der Waals surface area contributed by atoms with Gasteiger partial charge < -0.3 is 15.0 Å². The summed E-state index contributed by atoms with van der Waals surface area (Å²) in [5, 5.41) is 12.0. The first-order chi connectivity index (χ1) is 9.76. The Balaban J connectivity index is 2.11. The van der Waals surface area contributed by atoms with Gasteiger partial charge in [0.2, 0.25) is 0 Å². The first-order valence-corrected chi connectivity index (χ1v) is 6.74. The van der Waals surface area contributed by atoms with Gasteiger partial charge in [0.05, 0.1) is 19.1 Å². The van der Waals surface area contributed by atoms with E-state index in [1.54, 1.807) is 12.0 Å². The molecule has 1 amide bonds. The maximum absolute atomic E-state index is 12.5. The van der Waals surface area contributed by atoms with Crippen LogP contribution in [0.2, 0.25) is 0 Å². The van der Waals surface area contributed by atoms with Crippen molar-refractivity contribution in [3.63, 3.8) is 0 Å². The van der Waals surface area contributed by atoms with E-state index in [1.165, 1.54) is 11.1 Å². The van der Waals surface area contributed by atoms with E-state index in [9.17, 15) is 4.79 Å². The third-order valence-electron chi connectivity index (χ3n) is 3.43. The molecule has 5 nitrogen and oxygen atoms in total. The molecule has 1 aromatic carbocycles. The number of benzene rings is 1. The summed E-state index contributed by atoms with van der Waals surface area (Å²) in [4.78, 5) is 14.2. The molecule has 1 heterocycles. The number of amides is 1. The Bertz CT molecular complexity index is 522. The summed E-state index contributed by atoms with van der Waals surface area (Å²) in [5.41, 5.74) is 3.12. The maximum Gasteiger partial charge on any atom is 0.253 e. The Hall–Kier alpha value is -1.90. The van der Waals surface area contributed by atoms with Gasteiger partial charge >= 0.3 is 0 Å². The van der Waals surface area contributed by atoms with E-state index in [-0.39, 0.29) is 5.91 Å². The van der Waals surface area contributed by atoms with Crippen molar-refractivity contribution in [1.82, 2.24) is 10.2 Å². The summed E-state index contributed by atoms with van der Waals surface area (Å²) >= 11 is 0. The molecule has 0 unspecified atom stereocenters. The lowest BCUT2D eigenvalue weighted by Gasteiger charge is -2.21. The van der Waals surface area contributed by atoms with E-state index in [2.05, 4.69) is 11.4 Å². The van der Waals surface area contributed by atoms with Gasteiger partial charge in [0.1, 0.15) is 0 Å². The number of hydrogen-bond donors (Lipinski definition) is 1. The molecule has 0 atom stereocenters. The fourth-order valence-corrected chi connectivity index (χ4v) is 2.31. The van der Waals surface area contributed by atoms with Crippen LogP contribution in [0.5, 0.6) is 0 Å². The highest BCUT2D eigenvalue weighted by atomic mass is 16.5. The molecular weight excluding hydrogens is 254 g/mol. The van der Waals surface area contributed by atoms with Gasteiger partial charge in [0.25, 0.3) is 5.91 Å². The Kier molecular flexibility index (Phi) is 5.10. The van der Waals surface area contributed by atoms with E-state index >= 15 is 0 Å². The zero-order valence-electron chi connectivity index (χ0n) is 11.7. The molecule has 20 heavy (non-hydrogen) atoms. The van der Waals surface area contributed by atoms with Crippen molar-refractivity contribution in [2.45, 2.75) is 19.5 Å². The van der Waals surface area contributed by atoms with Crippen molar-refractivity contribution in [3.8, 4) is 6.07 Å². The predicted octanol–water partition coefficient (Wildman–Crippen LogP) is 1.29. The lowest BCUT2D eigenvalue weighted by atomic mass is 10.1. The van der Waals surface area contributed by atoms with Crippen molar-refractivity contribution in [3.05, 3.63) is 34.9 Å². The second-order valence-corrected chi connectivity index (χ2v) is 4.78. The number of carbonyl (C=O) groups is 1. The molecule has 0 saturated heterocycles.